The van der Waals surface area contributed by atoms with Crippen LogP contribution in [0.1, 0.15) is 42.7 Å². The number of nitrogens with one attached hydrogen (secondary N) is 3. The summed E-state index contributed by atoms with van der Waals surface area (Å²) in [5.41, 5.74) is 2.80. The molecule has 0 unspecified atom stereocenters. The maximum atomic E-state index is 12.4. The van der Waals surface area contributed by atoms with E-state index < -0.39 is 0 Å². The van der Waals surface area contributed by atoms with Gasteiger partial charge in [0.2, 0.25) is 0 Å². The topological polar surface area (TPSA) is 95.6 Å². The molecule has 7 nitrogen and oxygen atoms in total. The lowest BCUT2D eigenvalue weighted by Crippen LogP contribution is -2.35. The van der Waals surface area contributed by atoms with E-state index in [1.165, 1.54) is 0 Å². The summed E-state index contributed by atoms with van der Waals surface area (Å²) in [6.45, 7) is 6.01. The van der Waals surface area contributed by atoms with Crippen molar-refractivity contribution in [1.29, 1.82) is 0 Å². The number of nitrogens with zero attached hydrogens (tertiary/aromatic N) is 3. The van der Waals surface area contributed by atoms with E-state index in [-0.39, 0.29) is 18.0 Å². The Kier molecular flexibility index (Phi) is 5.80. The van der Waals surface area contributed by atoms with Crippen LogP contribution < -0.4 is 10.6 Å². The third-order valence-electron chi connectivity index (χ3n) is 4.21. The maximum absolute atomic E-state index is 12.4. The predicted octanol–water partition coefficient (Wildman–Crippen LogP) is 3.62. The SMILES string of the molecule is Cc1nc(Cc2ccc(NC(=O)N[C@H](c3cccnc3)C(C)C)cc2)n[nH]1. The van der Waals surface area contributed by atoms with Gasteiger partial charge in [0.05, 0.1) is 6.04 Å². The molecule has 140 valence electrons. The zero-order chi connectivity index (χ0) is 19.2. The highest BCUT2D eigenvalue weighted by molar-refractivity contribution is 5.89. The first-order chi connectivity index (χ1) is 13.0. The largest absolute Gasteiger partial charge is 0.331 e. The van der Waals surface area contributed by atoms with Gasteiger partial charge in [-0.15, -0.1) is 0 Å². The molecule has 27 heavy (non-hydrogen) atoms. The number of pyridine rings is 1. The van der Waals surface area contributed by atoms with Crippen LogP contribution in [0, 0.1) is 12.8 Å². The Bertz CT molecular complexity index is 873. The first kappa shape index (κ1) is 18.6. The van der Waals surface area contributed by atoms with Gasteiger partial charge in [-0.2, -0.15) is 5.10 Å². The number of anilines is 1. The minimum absolute atomic E-state index is 0.105. The summed E-state index contributed by atoms with van der Waals surface area (Å²) < 4.78 is 0. The van der Waals surface area contributed by atoms with E-state index in [4.69, 9.17) is 0 Å². The zero-order valence-corrected chi connectivity index (χ0v) is 15.7. The van der Waals surface area contributed by atoms with Crippen molar-refractivity contribution in [3.05, 3.63) is 71.6 Å². The van der Waals surface area contributed by atoms with Crippen molar-refractivity contribution in [2.75, 3.05) is 5.32 Å². The first-order valence-electron chi connectivity index (χ1n) is 8.95. The van der Waals surface area contributed by atoms with Crippen LogP contribution in [0.25, 0.3) is 0 Å². The molecule has 0 fully saturated rings. The van der Waals surface area contributed by atoms with Crippen LogP contribution in [-0.2, 0) is 6.42 Å². The Balaban J connectivity index is 1.60. The van der Waals surface area contributed by atoms with E-state index in [2.05, 4.69) is 44.6 Å². The molecule has 0 radical (unpaired) electrons. The fraction of sp³-hybridized carbons (Fsp3) is 0.300. The van der Waals surface area contributed by atoms with Crippen LogP contribution in [0.3, 0.4) is 0 Å². The molecule has 0 aliphatic rings. The Hall–Kier alpha value is -3.22. The van der Waals surface area contributed by atoms with Crippen molar-refractivity contribution in [2.24, 2.45) is 5.92 Å². The number of aromatic nitrogens is 4. The quantitative estimate of drug-likeness (QED) is 0.622. The molecular weight excluding hydrogens is 340 g/mol. The van der Waals surface area contributed by atoms with Gasteiger partial charge >= 0.3 is 6.03 Å². The van der Waals surface area contributed by atoms with Crippen molar-refractivity contribution in [3.63, 3.8) is 0 Å². The van der Waals surface area contributed by atoms with E-state index in [1.54, 1.807) is 12.4 Å². The molecular formula is C20H24N6O. The Morgan fingerprint density at radius 2 is 1.96 bits per heavy atom. The van der Waals surface area contributed by atoms with Crippen molar-refractivity contribution < 1.29 is 4.79 Å². The molecule has 1 atom stereocenters. The van der Waals surface area contributed by atoms with Crippen molar-refractivity contribution in [2.45, 2.75) is 33.2 Å². The van der Waals surface area contributed by atoms with Crippen LogP contribution in [-0.4, -0.2) is 26.2 Å². The van der Waals surface area contributed by atoms with Gasteiger partial charge in [-0.1, -0.05) is 32.0 Å². The number of rotatable bonds is 6. The lowest BCUT2D eigenvalue weighted by molar-refractivity contribution is 0.244. The number of aryl methyl sites for hydroxylation is 1. The fourth-order valence-corrected chi connectivity index (χ4v) is 2.86. The number of amides is 2. The van der Waals surface area contributed by atoms with Gasteiger partial charge in [0, 0.05) is 24.5 Å². The van der Waals surface area contributed by atoms with Gasteiger partial charge in [0.15, 0.2) is 5.82 Å². The second-order valence-corrected chi connectivity index (χ2v) is 6.82. The second-order valence-electron chi connectivity index (χ2n) is 6.82. The first-order valence-corrected chi connectivity index (χ1v) is 8.95. The third kappa shape index (κ3) is 5.13. The molecule has 7 heteroatoms. The minimum atomic E-state index is -0.241. The van der Waals surface area contributed by atoms with Crippen LogP contribution >= 0.6 is 0 Å². The zero-order valence-electron chi connectivity index (χ0n) is 15.7. The summed E-state index contributed by atoms with van der Waals surface area (Å²) >= 11 is 0. The molecule has 3 rings (SSSR count). The lowest BCUT2D eigenvalue weighted by Gasteiger charge is -2.22. The standard InChI is InChI=1S/C20H24N6O/c1-13(2)19(16-5-4-10-21-12-16)24-20(27)23-17-8-6-15(7-9-17)11-18-22-14(3)25-26-18/h4-10,12-13,19H,11H2,1-3H3,(H,22,25,26)(H2,23,24,27)/t19-/m0/s1. The fourth-order valence-electron chi connectivity index (χ4n) is 2.86. The van der Waals surface area contributed by atoms with Gasteiger partial charge in [-0.25, -0.2) is 9.78 Å². The average molecular weight is 364 g/mol. The van der Waals surface area contributed by atoms with E-state index in [9.17, 15) is 4.79 Å². The number of aromatic amines is 1. The Morgan fingerprint density at radius 1 is 1.19 bits per heavy atom. The van der Waals surface area contributed by atoms with Crippen molar-refractivity contribution in [3.8, 4) is 0 Å². The van der Waals surface area contributed by atoms with Crippen LogP contribution in [0.5, 0.6) is 0 Å². The molecule has 0 aliphatic carbocycles. The smallest absolute Gasteiger partial charge is 0.319 e. The van der Waals surface area contributed by atoms with Gasteiger partial charge in [0.25, 0.3) is 0 Å². The molecule has 0 aliphatic heterocycles. The number of hydrogen-bond donors (Lipinski definition) is 3. The molecule has 0 saturated carbocycles. The van der Waals surface area contributed by atoms with Gasteiger partial charge in [0.1, 0.15) is 5.82 Å². The number of carbonyl (C=O) groups excluding carboxylic acids is 1. The number of H-pyrrole nitrogens is 1. The van der Waals surface area contributed by atoms with Crippen molar-refractivity contribution >= 4 is 11.7 Å². The van der Waals surface area contributed by atoms with Crippen LogP contribution in [0.15, 0.2) is 48.8 Å². The van der Waals surface area contributed by atoms with Crippen LogP contribution in [0.4, 0.5) is 10.5 Å². The predicted molar refractivity (Wildman–Crippen MR) is 104 cm³/mol. The normalized spacial score (nSPS) is 12.0. The van der Waals surface area contributed by atoms with Crippen molar-refractivity contribution in [1.82, 2.24) is 25.5 Å². The molecule has 2 heterocycles. The number of benzene rings is 1. The van der Waals surface area contributed by atoms with E-state index in [0.29, 0.717) is 6.42 Å². The maximum Gasteiger partial charge on any atom is 0.319 e. The number of carbonyl (C=O) groups is 1. The third-order valence-corrected chi connectivity index (χ3v) is 4.21. The Morgan fingerprint density at radius 3 is 2.56 bits per heavy atom. The average Bonchev–Trinajstić information content (AvgIpc) is 3.06. The molecule has 0 spiro atoms. The second kappa shape index (κ2) is 8.44. The summed E-state index contributed by atoms with van der Waals surface area (Å²) in [5.74, 6) is 1.79. The summed E-state index contributed by atoms with van der Waals surface area (Å²) in [5, 5.41) is 12.9. The van der Waals surface area contributed by atoms with Gasteiger partial charge < -0.3 is 10.6 Å². The molecule has 0 bridgehead atoms. The monoisotopic (exact) mass is 364 g/mol. The van der Waals surface area contributed by atoms with Gasteiger partial charge in [-0.3, -0.25) is 10.1 Å². The summed E-state index contributed by atoms with van der Waals surface area (Å²) in [7, 11) is 0. The Labute approximate surface area is 158 Å². The van der Waals surface area contributed by atoms with E-state index in [1.807, 2.05) is 43.3 Å². The highest BCUT2D eigenvalue weighted by Gasteiger charge is 2.18. The molecule has 3 N–H and O–H groups in total. The molecule has 2 amide bonds. The molecule has 3 aromatic rings. The van der Waals surface area contributed by atoms with E-state index >= 15 is 0 Å². The summed E-state index contributed by atoms with van der Waals surface area (Å²) in [4.78, 5) is 20.9. The highest BCUT2D eigenvalue weighted by Crippen LogP contribution is 2.21. The lowest BCUT2D eigenvalue weighted by atomic mass is 9.98. The number of urea groups is 1. The minimum Gasteiger partial charge on any atom is -0.331 e. The molecule has 2 aromatic heterocycles. The molecule has 1 aromatic carbocycles. The highest BCUT2D eigenvalue weighted by atomic mass is 16.2. The number of hydrogen-bond acceptors (Lipinski definition) is 4. The van der Waals surface area contributed by atoms with Gasteiger partial charge in [-0.05, 0) is 42.2 Å². The van der Waals surface area contributed by atoms with Crippen LogP contribution in [0.2, 0.25) is 0 Å². The summed E-state index contributed by atoms with van der Waals surface area (Å²) in [6.07, 6.45) is 4.15. The van der Waals surface area contributed by atoms with E-state index in [0.717, 1.165) is 28.5 Å². The summed E-state index contributed by atoms with van der Waals surface area (Å²) in [6, 6.07) is 11.2. The molecule has 0 saturated heterocycles.